The Balaban J connectivity index is 2.99. The van der Waals surface area contributed by atoms with Crippen LogP contribution < -0.4 is 27.1 Å². The monoisotopic (exact) mass is 226 g/mol. The molecule has 0 aliphatic carbocycles. The van der Waals surface area contributed by atoms with E-state index < -0.39 is 11.9 Å². The third-order valence-electron chi connectivity index (χ3n) is 1.92. The Bertz CT molecular complexity index is 383. The van der Waals surface area contributed by atoms with Crippen LogP contribution >= 0.6 is 0 Å². The van der Waals surface area contributed by atoms with Crippen LogP contribution in [0.25, 0.3) is 0 Å². The van der Waals surface area contributed by atoms with Gasteiger partial charge in [0.15, 0.2) is 11.6 Å². The quantitative estimate of drug-likeness (QED) is 0.376. The number of rotatable bonds is 5. The van der Waals surface area contributed by atoms with Crippen LogP contribution in [0.1, 0.15) is 6.92 Å². The standard InChI is InChI=1S/C8H14N6O2/c1-4(6(9)15)13-7-5(16-2)8(14-10)12-3-11-7/h3-4H,10H2,1-2H3,(H2,9,15)(H2,11,12,13,14). The summed E-state index contributed by atoms with van der Waals surface area (Å²) in [6, 6.07) is -0.575. The Morgan fingerprint density at radius 3 is 2.62 bits per heavy atom. The molecule has 1 amide bonds. The molecule has 0 saturated carbocycles. The molecule has 1 aromatic rings. The first kappa shape index (κ1) is 12.0. The third kappa shape index (κ3) is 2.48. The number of nitrogens with zero attached hydrogens (tertiary/aromatic N) is 2. The number of hydrazine groups is 1. The van der Waals surface area contributed by atoms with Gasteiger partial charge in [0.1, 0.15) is 12.4 Å². The van der Waals surface area contributed by atoms with Gasteiger partial charge >= 0.3 is 0 Å². The van der Waals surface area contributed by atoms with Crippen molar-refractivity contribution in [2.45, 2.75) is 13.0 Å². The zero-order valence-electron chi connectivity index (χ0n) is 9.02. The molecule has 8 heteroatoms. The number of carbonyl (C=O) groups excluding carboxylic acids is 1. The molecule has 0 aromatic carbocycles. The molecule has 88 valence electrons. The lowest BCUT2D eigenvalue weighted by molar-refractivity contribution is -0.118. The number of carbonyl (C=O) groups is 1. The van der Waals surface area contributed by atoms with Crippen LogP contribution in [0.3, 0.4) is 0 Å². The van der Waals surface area contributed by atoms with Gasteiger partial charge in [-0.15, -0.1) is 0 Å². The summed E-state index contributed by atoms with van der Waals surface area (Å²) in [4.78, 5) is 18.7. The second-order valence-electron chi connectivity index (χ2n) is 3.02. The molecule has 0 aliphatic rings. The van der Waals surface area contributed by atoms with Crippen molar-refractivity contribution in [2.24, 2.45) is 11.6 Å². The van der Waals surface area contributed by atoms with E-state index in [1.165, 1.54) is 13.4 Å². The first-order chi connectivity index (χ1) is 7.60. The molecule has 1 heterocycles. The van der Waals surface area contributed by atoms with Crippen molar-refractivity contribution in [3.63, 3.8) is 0 Å². The lowest BCUT2D eigenvalue weighted by atomic mass is 10.3. The normalized spacial score (nSPS) is 11.7. The van der Waals surface area contributed by atoms with Crippen molar-refractivity contribution in [3.8, 4) is 5.75 Å². The summed E-state index contributed by atoms with van der Waals surface area (Å²) in [5, 5.41) is 2.79. The number of hydrogen-bond acceptors (Lipinski definition) is 7. The van der Waals surface area contributed by atoms with Crippen LogP contribution in [0.15, 0.2) is 6.33 Å². The maximum atomic E-state index is 10.9. The van der Waals surface area contributed by atoms with Gasteiger partial charge in [-0.05, 0) is 6.92 Å². The van der Waals surface area contributed by atoms with E-state index in [1.54, 1.807) is 6.92 Å². The van der Waals surface area contributed by atoms with Gasteiger partial charge in [0.25, 0.3) is 0 Å². The van der Waals surface area contributed by atoms with Crippen LogP contribution in [0.2, 0.25) is 0 Å². The molecule has 0 aliphatic heterocycles. The lowest BCUT2D eigenvalue weighted by Crippen LogP contribution is -2.33. The van der Waals surface area contributed by atoms with Gasteiger partial charge in [-0.2, -0.15) is 0 Å². The first-order valence-electron chi connectivity index (χ1n) is 4.51. The summed E-state index contributed by atoms with van der Waals surface area (Å²) in [7, 11) is 1.44. The second kappa shape index (κ2) is 5.12. The smallest absolute Gasteiger partial charge is 0.239 e. The number of amides is 1. The number of primary amides is 1. The minimum Gasteiger partial charge on any atom is -0.490 e. The summed E-state index contributed by atoms with van der Waals surface area (Å²) in [6.45, 7) is 1.61. The number of nitrogen functional groups attached to an aromatic ring is 1. The Labute approximate surface area is 92.4 Å². The molecule has 1 aromatic heterocycles. The summed E-state index contributed by atoms with van der Waals surface area (Å²) >= 11 is 0. The molecule has 0 saturated heterocycles. The van der Waals surface area contributed by atoms with E-state index in [1.807, 2.05) is 0 Å². The van der Waals surface area contributed by atoms with Gasteiger partial charge in [0, 0.05) is 0 Å². The predicted molar refractivity (Wildman–Crippen MR) is 58.7 cm³/mol. The number of methoxy groups -OCH3 is 1. The molecule has 6 N–H and O–H groups in total. The Kier molecular flexibility index (Phi) is 3.84. The van der Waals surface area contributed by atoms with Gasteiger partial charge in [0.05, 0.1) is 7.11 Å². The van der Waals surface area contributed by atoms with Gasteiger partial charge in [-0.1, -0.05) is 0 Å². The highest BCUT2D eigenvalue weighted by molar-refractivity contribution is 5.83. The van der Waals surface area contributed by atoms with Gasteiger partial charge in [-0.25, -0.2) is 15.8 Å². The van der Waals surface area contributed by atoms with Crippen LogP contribution in [0, 0.1) is 0 Å². The lowest BCUT2D eigenvalue weighted by Gasteiger charge is -2.15. The maximum absolute atomic E-state index is 10.9. The summed E-state index contributed by atoms with van der Waals surface area (Å²) in [6.07, 6.45) is 1.29. The fourth-order valence-corrected chi connectivity index (χ4v) is 1.05. The molecule has 1 unspecified atom stereocenters. The fourth-order valence-electron chi connectivity index (χ4n) is 1.05. The molecule has 1 atom stereocenters. The fraction of sp³-hybridized carbons (Fsp3) is 0.375. The average molecular weight is 226 g/mol. The van der Waals surface area contributed by atoms with Gasteiger partial charge < -0.3 is 21.2 Å². The van der Waals surface area contributed by atoms with Crippen molar-refractivity contribution in [1.29, 1.82) is 0 Å². The number of nitrogens with one attached hydrogen (secondary N) is 2. The highest BCUT2D eigenvalue weighted by Gasteiger charge is 2.15. The van der Waals surface area contributed by atoms with Gasteiger partial charge in [-0.3, -0.25) is 4.79 Å². The summed E-state index contributed by atoms with van der Waals surface area (Å²) in [5.41, 5.74) is 7.48. The minimum absolute atomic E-state index is 0.316. The Morgan fingerprint density at radius 1 is 1.50 bits per heavy atom. The molecule has 0 radical (unpaired) electrons. The highest BCUT2D eigenvalue weighted by atomic mass is 16.5. The number of ether oxygens (including phenoxy) is 1. The molecular formula is C8H14N6O2. The molecule has 0 bridgehead atoms. The van der Waals surface area contributed by atoms with E-state index in [2.05, 4.69) is 20.7 Å². The van der Waals surface area contributed by atoms with Crippen LogP contribution in [-0.2, 0) is 4.79 Å². The third-order valence-corrected chi connectivity index (χ3v) is 1.92. The van der Waals surface area contributed by atoms with Crippen molar-refractivity contribution in [2.75, 3.05) is 17.9 Å². The number of nitrogens with two attached hydrogens (primary N) is 2. The van der Waals surface area contributed by atoms with Crippen molar-refractivity contribution >= 4 is 17.5 Å². The molecule has 16 heavy (non-hydrogen) atoms. The molecule has 0 spiro atoms. The van der Waals surface area contributed by atoms with E-state index >= 15 is 0 Å². The van der Waals surface area contributed by atoms with Gasteiger partial charge in [0.2, 0.25) is 11.7 Å². The second-order valence-corrected chi connectivity index (χ2v) is 3.02. The number of aromatic nitrogens is 2. The maximum Gasteiger partial charge on any atom is 0.239 e. The minimum atomic E-state index is -0.575. The molecular weight excluding hydrogens is 212 g/mol. The summed E-state index contributed by atoms with van der Waals surface area (Å²) in [5.74, 6) is 5.73. The molecule has 8 nitrogen and oxygen atoms in total. The first-order valence-corrected chi connectivity index (χ1v) is 4.51. The van der Waals surface area contributed by atoms with Crippen LogP contribution in [-0.4, -0.2) is 29.0 Å². The SMILES string of the molecule is COc1c(NN)ncnc1NC(C)C(N)=O. The van der Waals surface area contributed by atoms with E-state index in [4.69, 9.17) is 16.3 Å². The number of anilines is 2. The molecule has 1 rings (SSSR count). The Hall–Kier alpha value is -2.09. The van der Waals surface area contributed by atoms with E-state index in [-0.39, 0.29) is 0 Å². The molecule has 0 fully saturated rings. The number of hydrogen-bond donors (Lipinski definition) is 4. The zero-order chi connectivity index (χ0) is 12.1. The van der Waals surface area contributed by atoms with E-state index in [0.717, 1.165) is 0 Å². The van der Waals surface area contributed by atoms with E-state index in [9.17, 15) is 4.79 Å². The zero-order valence-corrected chi connectivity index (χ0v) is 9.02. The predicted octanol–water partition coefficient (Wildman–Crippen LogP) is -0.944. The van der Waals surface area contributed by atoms with E-state index in [0.29, 0.717) is 17.4 Å². The average Bonchev–Trinajstić information content (AvgIpc) is 2.28. The van der Waals surface area contributed by atoms with Crippen LogP contribution in [0.4, 0.5) is 11.6 Å². The largest absolute Gasteiger partial charge is 0.490 e. The van der Waals surface area contributed by atoms with Crippen molar-refractivity contribution in [1.82, 2.24) is 9.97 Å². The van der Waals surface area contributed by atoms with Crippen molar-refractivity contribution in [3.05, 3.63) is 6.33 Å². The summed E-state index contributed by atoms with van der Waals surface area (Å²) < 4.78 is 5.07. The van der Waals surface area contributed by atoms with Crippen molar-refractivity contribution < 1.29 is 9.53 Å². The van der Waals surface area contributed by atoms with Crippen LogP contribution in [0.5, 0.6) is 5.75 Å². The highest BCUT2D eigenvalue weighted by Crippen LogP contribution is 2.28. The Morgan fingerprint density at radius 2 is 2.12 bits per heavy atom. The topological polar surface area (TPSA) is 128 Å².